The third-order valence-electron chi connectivity index (χ3n) is 10.9. The number of benzene rings is 1. The van der Waals surface area contributed by atoms with Crippen molar-refractivity contribution in [2.75, 3.05) is 43.4 Å². The van der Waals surface area contributed by atoms with Crippen LogP contribution in [0.2, 0.25) is 0 Å². The first-order valence-corrected chi connectivity index (χ1v) is 26.0. The first-order valence-electron chi connectivity index (χ1n) is 21.5. The van der Waals surface area contributed by atoms with Gasteiger partial charge in [-0.15, -0.1) is 0 Å². The van der Waals surface area contributed by atoms with E-state index in [1.807, 2.05) is 32.0 Å². The van der Waals surface area contributed by atoms with Crippen molar-refractivity contribution in [1.29, 1.82) is 0 Å². The van der Waals surface area contributed by atoms with Gasteiger partial charge in [0.1, 0.15) is 18.2 Å². The maximum atomic E-state index is 12.9. The Labute approximate surface area is 398 Å². The number of aliphatic hydroxyl groups is 1. The van der Waals surface area contributed by atoms with E-state index in [-0.39, 0.29) is 59.5 Å². The molecule has 4 aromatic heterocycles. The van der Waals surface area contributed by atoms with E-state index in [2.05, 4.69) is 34.3 Å². The van der Waals surface area contributed by atoms with Crippen molar-refractivity contribution >= 4 is 83.7 Å². The van der Waals surface area contributed by atoms with Crippen molar-refractivity contribution in [3.63, 3.8) is 0 Å². The van der Waals surface area contributed by atoms with Crippen molar-refractivity contribution in [3.8, 4) is 0 Å². The predicted molar refractivity (Wildman–Crippen MR) is 246 cm³/mol. The Morgan fingerprint density at radius 1 is 1.04 bits per heavy atom. The van der Waals surface area contributed by atoms with E-state index in [4.69, 9.17) is 29.4 Å². The summed E-state index contributed by atoms with van der Waals surface area (Å²) in [5, 5.41) is 17.0. The largest absolute Gasteiger partial charge is 0.481 e. The van der Waals surface area contributed by atoms with E-state index in [0.29, 0.717) is 35.9 Å². The molecule has 5 atom stereocenters. The van der Waals surface area contributed by atoms with Gasteiger partial charge in [0.15, 0.2) is 29.6 Å². The molecule has 380 valence electrons. The number of nitrogen functional groups attached to an aromatic ring is 1. The third-order valence-corrected chi connectivity index (χ3v) is 13.9. The number of carbonyl (C=O) groups is 2. The molecule has 0 aliphatic carbocycles. The summed E-state index contributed by atoms with van der Waals surface area (Å²) in [6.07, 6.45) is -0.484. The summed E-state index contributed by atoms with van der Waals surface area (Å²) in [4.78, 5) is 87.1. The lowest BCUT2D eigenvalue weighted by Gasteiger charge is -2.21. The highest BCUT2D eigenvalue weighted by atomic mass is 32.2. The number of hydrogen-bond donors (Lipinski definition) is 9. The highest BCUT2D eigenvalue weighted by Gasteiger charge is 2.51. The van der Waals surface area contributed by atoms with E-state index in [9.17, 15) is 51.3 Å². The van der Waals surface area contributed by atoms with E-state index >= 15 is 0 Å². The zero-order chi connectivity index (χ0) is 51.1. The van der Waals surface area contributed by atoms with Gasteiger partial charge in [-0.1, -0.05) is 4.98 Å². The molecule has 1 saturated heterocycles. The number of aromatic nitrogens is 5. The molecule has 0 radical (unpaired) electrons. The van der Waals surface area contributed by atoms with Crippen LogP contribution in [0.15, 0.2) is 67.8 Å². The van der Waals surface area contributed by atoms with Gasteiger partial charge in [-0.2, -0.15) is 17.3 Å². The number of imidazole rings is 1. The van der Waals surface area contributed by atoms with Crippen LogP contribution in [0.1, 0.15) is 57.0 Å². The van der Waals surface area contributed by atoms with Crippen LogP contribution in [0.25, 0.3) is 34.3 Å². The van der Waals surface area contributed by atoms with Crippen molar-refractivity contribution in [2.24, 2.45) is 7.05 Å². The summed E-state index contributed by atoms with van der Waals surface area (Å²) >= 11 is 0. The second-order valence-electron chi connectivity index (χ2n) is 15.8. The molecule has 0 saturated carbocycles. The van der Waals surface area contributed by atoms with Gasteiger partial charge < -0.3 is 54.9 Å². The van der Waals surface area contributed by atoms with Gasteiger partial charge in [0.2, 0.25) is 23.3 Å². The number of ether oxygens (including phenoxy) is 2. The quantitative estimate of drug-likeness (QED) is 0.0152. The number of phosphoric acid groups is 2. The van der Waals surface area contributed by atoms with Crippen LogP contribution in [0.4, 0.5) is 16.4 Å². The Bertz CT molecular complexity index is 3100. The van der Waals surface area contributed by atoms with Gasteiger partial charge in [-0.25, -0.2) is 23.3 Å². The molecule has 6 rings (SSSR count). The average molecular weight is 1040 g/mol. The zero-order valence-corrected chi connectivity index (χ0v) is 40.4. The molecule has 10 N–H and O–H groups in total. The lowest BCUT2D eigenvalue weighted by atomic mass is 10.1. The minimum atomic E-state index is -5.52. The van der Waals surface area contributed by atoms with Crippen LogP contribution in [0, 0.1) is 0 Å². The Morgan fingerprint density at radius 3 is 2.47 bits per heavy atom. The highest BCUT2D eigenvalue weighted by molar-refractivity contribution is 7.85. The SMILES string of the molecule is CCN(CC)c1ccc2cc(/C=C/c3ccc(S(=O)(=O)O)c[n+]3CCCCCC(=O)NCCNC(=O)O[C@H]3[C@@H](O)[C@H]([n+]4cn(C)c5c(=O)[nH]c(N)nc54)O[C@@H]3COP(=O)(O)OP(=O)(O)O)c(=O)oc2c1. The van der Waals surface area contributed by atoms with Crippen molar-refractivity contribution in [3.05, 3.63) is 81.0 Å². The van der Waals surface area contributed by atoms with Crippen molar-refractivity contribution in [2.45, 2.75) is 75.5 Å². The fourth-order valence-corrected chi connectivity index (χ4v) is 9.70. The van der Waals surface area contributed by atoms with E-state index in [1.165, 1.54) is 40.8 Å². The van der Waals surface area contributed by atoms with Crippen LogP contribution in [0.3, 0.4) is 0 Å². The Kier molecular flexibility index (Phi) is 17.1. The number of aryl methyl sites for hydroxylation is 2. The Hall–Kier alpha value is -5.90. The van der Waals surface area contributed by atoms with Crippen LogP contribution in [0.5, 0.6) is 0 Å². The van der Waals surface area contributed by atoms with E-state index < -0.39 is 74.2 Å². The summed E-state index contributed by atoms with van der Waals surface area (Å²) in [5.41, 5.74) is 6.55. The molecule has 0 spiro atoms. The number of aliphatic hydroxyl groups excluding tert-OH is 1. The summed E-state index contributed by atoms with van der Waals surface area (Å²) in [5.74, 6) is -0.662. The second kappa shape index (κ2) is 22.5. The number of H-pyrrole nitrogens is 1. The first kappa shape index (κ1) is 53.5. The van der Waals surface area contributed by atoms with Crippen LogP contribution in [-0.2, 0) is 55.9 Å². The number of phosphoric ester groups is 1. The van der Waals surface area contributed by atoms with Gasteiger partial charge in [0.05, 0.1) is 19.2 Å². The molecule has 5 aromatic rings. The number of amides is 2. The van der Waals surface area contributed by atoms with Gasteiger partial charge >= 0.3 is 33.0 Å². The normalized spacial score (nSPS) is 18.3. The maximum Gasteiger partial charge on any atom is 0.481 e. The number of nitrogens with one attached hydrogen (secondary N) is 3. The molecular weight excluding hydrogens is 988 g/mol. The fourth-order valence-electron chi connectivity index (χ4n) is 7.60. The molecule has 2 amide bonds. The van der Waals surface area contributed by atoms with Gasteiger partial charge in [0, 0.05) is 68.3 Å². The summed E-state index contributed by atoms with van der Waals surface area (Å²) < 4.78 is 86.4. The standard InChI is InChI=1S/C40H51N9O18P2S/c1-4-47(5-2)27-13-10-24-19-25(38(53)65-29(24)20-27)11-12-26-14-15-28(70(60,61)62)21-48(26)18-8-6-7-9-31(50)42-16-17-43-40(54)66-34-30(22-63-69(58,59)67-68(55,56)57)64-37(33(34)51)49-23-46(3)32-35(49)44-39(41)45-36(32)52/h10-15,19-21,23,30,33-34,37,51H,4-9,16-18,22H2,1-3H3,(H7-2,41,42,43,44,45,50,52,54,55,56,57,58,59,60,61,62)/p+2/t30-,33-,34-,37-/m1/s1. The number of fused-ring (bicyclic) bond motifs is 2. The number of alkyl carbamates (subject to hydrolysis) is 1. The molecule has 1 fully saturated rings. The smallest absolute Gasteiger partial charge is 0.440 e. The summed E-state index contributed by atoms with van der Waals surface area (Å²) in [7, 11) is -14.0. The molecule has 5 heterocycles. The lowest BCUT2D eigenvalue weighted by molar-refractivity contribution is -0.745. The van der Waals surface area contributed by atoms with Gasteiger partial charge in [-0.3, -0.25) is 28.2 Å². The Balaban J connectivity index is 1.00. The Morgan fingerprint density at radius 2 is 1.77 bits per heavy atom. The molecule has 70 heavy (non-hydrogen) atoms. The average Bonchev–Trinajstić information content (AvgIpc) is 3.76. The molecule has 0 bridgehead atoms. The number of aromatic amines is 1. The lowest BCUT2D eigenvalue weighted by Crippen LogP contribution is -2.47. The van der Waals surface area contributed by atoms with Crippen LogP contribution in [-0.4, -0.2) is 110 Å². The van der Waals surface area contributed by atoms with Gasteiger partial charge in [-0.05, 0) is 57.0 Å². The number of nitrogens with zero attached hydrogens (tertiary/aromatic N) is 5. The van der Waals surface area contributed by atoms with Crippen molar-refractivity contribution < 1.29 is 83.3 Å². The van der Waals surface area contributed by atoms with Crippen LogP contribution >= 0.6 is 15.6 Å². The minimum absolute atomic E-state index is 0.000974. The predicted octanol–water partition coefficient (Wildman–Crippen LogP) is 0.745. The third kappa shape index (κ3) is 13.7. The molecule has 1 aliphatic heterocycles. The number of carbonyl (C=O) groups excluding carboxylic acids is 2. The molecule has 27 nitrogen and oxygen atoms in total. The maximum absolute atomic E-state index is 12.9. The fraction of sp³-hybridized carbons (Fsp3) is 0.425. The highest BCUT2D eigenvalue weighted by Crippen LogP contribution is 2.57. The van der Waals surface area contributed by atoms with E-state index in [0.717, 1.165) is 18.8 Å². The molecular formula is C40H53N9O18P2S+2. The number of nitrogens with two attached hydrogens (primary N) is 1. The number of unbranched alkanes of at least 4 members (excludes halogenated alkanes) is 2. The van der Waals surface area contributed by atoms with Crippen molar-refractivity contribution in [1.82, 2.24) is 25.2 Å². The molecule has 30 heteroatoms. The first-order chi connectivity index (χ1) is 33.0. The van der Waals surface area contributed by atoms with E-state index in [1.54, 1.807) is 22.8 Å². The number of hydrogen-bond acceptors (Lipinski definition) is 17. The number of pyridine rings is 1. The van der Waals surface area contributed by atoms with Crippen LogP contribution < -0.4 is 41.6 Å². The second-order valence-corrected chi connectivity index (χ2v) is 20.0. The number of rotatable bonds is 22. The number of anilines is 2. The zero-order valence-electron chi connectivity index (χ0n) is 37.8. The summed E-state index contributed by atoms with van der Waals surface area (Å²) in [6.45, 7) is 4.62. The minimum Gasteiger partial charge on any atom is -0.440 e. The molecule has 1 unspecified atom stereocenters. The van der Waals surface area contributed by atoms with Gasteiger partial charge in [0.25, 0.3) is 21.6 Å². The topological polar surface area (TPSA) is 382 Å². The summed E-state index contributed by atoms with van der Waals surface area (Å²) in [6, 6.07) is 10.0. The monoisotopic (exact) mass is 1040 g/mol. The molecule has 1 aromatic carbocycles. The molecule has 1 aliphatic rings.